The molecule has 7 heteroatoms. The van der Waals surface area contributed by atoms with Crippen molar-refractivity contribution in [2.24, 2.45) is 0 Å². The van der Waals surface area contributed by atoms with Crippen molar-refractivity contribution >= 4 is 36.1 Å². The Morgan fingerprint density at radius 3 is 1.55 bits per heavy atom. The minimum Gasteiger partial charge on any atom is -0.289 e. The third-order valence-electron chi connectivity index (χ3n) is 2.82. The number of hydrogen-bond donors (Lipinski definition) is 0. The normalized spacial score (nSPS) is 17.6. The van der Waals surface area contributed by atoms with Crippen LogP contribution in [0.2, 0.25) is 0 Å². The van der Waals surface area contributed by atoms with E-state index in [0.29, 0.717) is 0 Å². The van der Waals surface area contributed by atoms with Crippen molar-refractivity contribution in [3.8, 4) is 0 Å². The molecular formula is C13H10O5S2. The first-order valence-electron chi connectivity index (χ1n) is 5.70. The molecule has 0 saturated heterocycles. The minimum absolute atomic E-state index is 0.132. The molecule has 0 heterocycles. The van der Waals surface area contributed by atoms with E-state index in [2.05, 4.69) is 0 Å². The molecule has 20 heavy (non-hydrogen) atoms. The SMILES string of the molecule is O=C(C1=CC(=S(=O)=O)CC=C1)C1=CC(=S(=O)=O)CC=C1. The van der Waals surface area contributed by atoms with E-state index in [9.17, 15) is 21.6 Å². The summed E-state index contributed by atoms with van der Waals surface area (Å²) in [5, 5.41) is 0. The highest BCUT2D eigenvalue weighted by Crippen LogP contribution is 2.17. The number of allylic oxidation sites excluding steroid dienone is 8. The zero-order valence-corrected chi connectivity index (χ0v) is 11.9. The quantitative estimate of drug-likeness (QED) is 0.691. The van der Waals surface area contributed by atoms with E-state index in [4.69, 9.17) is 0 Å². The average Bonchev–Trinajstić information content (AvgIpc) is 2.46. The molecule has 0 unspecified atom stereocenters. The molecule has 0 spiro atoms. The summed E-state index contributed by atoms with van der Waals surface area (Å²) in [6.07, 6.45) is 9.37. The van der Waals surface area contributed by atoms with Gasteiger partial charge >= 0.3 is 0 Å². The predicted molar refractivity (Wildman–Crippen MR) is 76.5 cm³/mol. The Morgan fingerprint density at radius 1 is 0.800 bits per heavy atom. The average molecular weight is 310 g/mol. The van der Waals surface area contributed by atoms with Crippen LogP contribution in [0.1, 0.15) is 12.8 Å². The van der Waals surface area contributed by atoms with Crippen LogP contribution in [0.25, 0.3) is 0 Å². The fraction of sp³-hybridized carbons (Fsp3) is 0.154. The molecule has 2 aliphatic rings. The number of rotatable bonds is 2. The second-order valence-corrected chi connectivity index (χ2v) is 6.13. The third-order valence-corrected chi connectivity index (χ3v) is 4.24. The summed E-state index contributed by atoms with van der Waals surface area (Å²) in [6, 6.07) is 0. The molecule has 0 N–H and O–H groups in total. The van der Waals surface area contributed by atoms with Gasteiger partial charge in [0.1, 0.15) is 0 Å². The van der Waals surface area contributed by atoms with Crippen LogP contribution in [0.3, 0.4) is 0 Å². The Bertz CT molecular complexity index is 772. The predicted octanol–water partition coefficient (Wildman–Crippen LogP) is 0.431. The van der Waals surface area contributed by atoms with Crippen LogP contribution < -0.4 is 0 Å². The molecule has 0 fully saturated rings. The maximum absolute atomic E-state index is 12.2. The molecule has 0 aliphatic heterocycles. The van der Waals surface area contributed by atoms with E-state index in [1.54, 1.807) is 12.2 Å². The first-order chi connectivity index (χ1) is 9.49. The van der Waals surface area contributed by atoms with Crippen molar-refractivity contribution in [3.05, 3.63) is 47.6 Å². The Morgan fingerprint density at radius 2 is 1.20 bits per heavy atom. The molecule has 0 bridgehead atoms. The molecule has 0 aromatic heterocycles. The number of Topliss-reactive ketones (excluding diaryl/α,β-unsaturated/α-hetero) is 1. The highest BCUT2D eigenvalue weighted by molar-refractivity contribution is 7.73. The van der Waals surface area contributed by atoms with Gasteiger partial charge in [-0.3, -0.25) is 4.79 Å². The van der Waals surface area contributed by atoms with Crippen LogP contribution in [-0.4, -0.2) is 32.3 Å². The maximum Gasteiger partial charge on any atom is 0.217 e. The van der Waals surface area contributed by atoms with Gasteiger partial charge in [-0.15, -0.1) is 0 Å². The second-order valence-electron chi connectivity index (χ2n) is 4.14. The van der Waals surface area contributed by atoms with Gasteiger partial charge in [0.05, 0.1) is 9.73 Å². The topological polar surface area (TPSA) is 85.3 Å². The first kappa shape index (κ1) is 14.4. The highest BCUT2D eigenvalue weighted by Gasteiger charge is 2.17. The molecule has 2 aliphatic carbocycles. The van der Waals surface area contributed by atoms with Crippen molar-refractivity contribution in [3.63, 3.8) is 0 Å². The Labute approximate surface area is 118 Å². The molecule has 2 rings (SSSR count). The fourth-order valence-corrected chi connectivity index (χ4v) is 2.76. The molecule has 0 atom stereocenters. The van der Waals surface area contributed by atoms with Crippen LogP contribution in [0, 0.1) is 0 Å². The van der Waals surface area contributed by atoms with Crippen molar-refractivity contribution in [1.82, 2.24) is 0 Å². The number of carbonyl (C=O) groups is 1. The molecule has 0 aromatic rings. The molecule has 0 amide bonds. The Hall–Kier alpha value is -1.99. The Kier molecular flexibility index (Phi) is 4.31. The molecule has 0 radical (unpaired) electrons. The first-order valence-corrected chi connectivity index (χ1v) is 7.85. The molecule has 0 saturated carbocycles. The monoisotopic (exact) mass is 310 g/mol. The van der Waals surface area contributed by atoms with Gasteiger partial charge in [-0.2, -0.15) is 16.8 Å². The van der Waals surface area contributed by atoms with Crippen molar-refractivity contribution in [2.75, 3.05) is 0 Å². The van der Waals surface area contributed by atoms with E-state index >= 15 is 0 Å². The molecule has 104 valence electrons. The lowest BCUT2D eigenvalue weighted by Gasteiger charge is -2.09. The van der Waals surface area contributed by atoms with E-state index < -0.39 is 26.4 Å². The maximum atomic E-state index is 12.2. The summed E-state index contributed by atoms with van der Waals surface area (Å²) >= 11 is 0. The van der Waals surface area contributed by atoms with E-state index in [1.165, 1.54) is 24.3 Å². The second kappa shape index (κ2) is 5.98. The van der Waals surface area contributed by atoms with Crippen LogP contribution >= 0.6 is 0 Å². The summed E-state index contributed by atoms with van der Waals surface area (Å²) in [6.45, 7) is 0. The van der Waals surface area contributed by atoms with Gasteiger partial charge in [0.2, 0.25) is 20.6 Å². The van der Waals surface area contributed by atoms with Gasteiger partial charge < -0.3 is 0 Å². The van der Waals surface area contributed by atoms with Crippen molar-refractivity contribution < 1.29 is 21.6 Å². The van der Waals surface area contributed by atoms with Crippen LogP contribution in [0.15, 0.2) is 47.6 Å². The largest absolute Gasteiger partial charge is 0.289 e. The molecular weight excluding hydrogens is 300 g/mol. The van der Waals surface area contributed by atoms with E-state index in [0.717, 1.165) is 0 Å². The number of ketones is 1. The summed E-state index contributed by atoms with van der Waals surface area (Å²) < 4.78 is 43.6. The van der Waals surface area contributed by atoms with Gasteiger partial charge in [0.15, 0.2) is 5.78 Å². The van der Waals surface area contributed by atoms with Gasteiger partial charge in [0.25, 0.3) is 0 Å². The number of carbonyl (C=O) groups excluding carboxylic acids is 1. The lowest BCUT2D eigenvalue weighted by Crippen LogP contribution is -2.12. The van der Waals surface area contributed by atoms with E-state index in [-0.39, 0.29) is 33.7 Å². The lowest BCUT2D eigenvalue weighted by molar-refractivity contribution is -0.111. The van der Waals surface area contributed by atoms with E-state index in [1.807, 2.05) is 0 Å². The Balaban J connectivity index is 2.43. The van der Waals surface area contributed by atoms with Crippen LogP contribution in [-0.2, 0) is 25.4 Å². The van der Waals surface area contributed by atoms with Crippen molar-refractivity contribution in [2.45, 2.75) is 12.8 Å². The summed E-state index contributed by atoms with van der Waals surface area (Å²) in [5.41, 5.74) is 0.452. The standard InChI is InChI=1S/C13H10O5S2/c14-13(9-3-1-5-11(7-9)19(15)16)10-4-2-6-12(8-10)20(17)18/h1-4,7-8H,5-6H2. The minimum atomic E-state index is -2.36. The van der Waals surface area contributed by atoms with Gasteiger partial charge in [-0.25, -0.2) is 0 Å². The lowest BCUT2D eigenvalue weighted by atomic mass is 9.95. The smallest absolute Gasteiger partial charge is 0.217 e. The zero-order valence-electron chi connectivity index (χ0n) is 10.2. The van der Waals surface area contributed by atoms with Gasteiger partial charge in [0, 0.05) is 24.0 Å². The summed E-state index contributed by atoms with van der Waals surface area (Å²) in [5.74, 6) is -0.400. The van der Waals surface area contributed by atoms with Gasteiger partial charge in [-0.1, -0.05) is 24.3 Å². The highest BCUT2D eigenvalue weighted by atomic mass is 32.2. The molecule has 0 aromatic carbocycles. The molecule has 5 nitrogen and oxygen atoms in total. The van der Waals surface area contributed by atoms with Crippen molar-refractivity contribution in [1.29, 1.82) is 0 Å². The van der Waals surface area contributed by atoms with Crippen LogP contribution in [0.5, 0.6) is 0 Å². The number of hydrogen-bond acceptors (Lipinski definition) is 5. The summed E-state index contributed by atoms with van der Waals surface area (Å²) in [4.78, 5) is 12.5. The fourth-order valence-electron chi connectivity index (χ4n) is 1.85. The zero-order chi connectivity index (χ0) is 14.7. The van der Waals surface area contributed by atoms with Crippen LogP contribution in [0.4, 0.5) is 0 Å². The summed E-state index contributed by atoms with van der Waals surface area (Å²) in [7, 11) is -4.73. The third kappa shape index (κ3) is 3.12. The van der Waals surface area contributed by atoms with Gasteiger partial charge in [-0.05, 0) is 12.2 Å².